The molecular formula is C17H22F2N6O5. The van der Waals surface area contributed by atoms with Crippen LogP contribution in [-0.2, 0) is 11.2 Å². The van der Waals surface area contributed by atoms with Gasteiger partial charge >= 0.3 is 0 Å². The van der Waals surface area contributed by atoms with E-state index in [9.17, 15) is 29.1 Å². The van der Waals surface area contributed by atoms with Crippen molar-refractivity contribution in [3.05, 3.63) is 34.9 Å². The number of nitrogens with zero attached hydrogens (tertiary/aromatic N) is 2. The SMILES string of the molecule is N=C(C(=NCC(=O)NCC(O)CO)NO)C(=NC1CCc2ccc(F)c(F)c21)NO. The third kappa shape index (κ3) is 5.54. The number of amidine groups is 2. The summed E-state index contributed by atoms with van der Waals surface area (Å²) in [5.41, 5.74) is 3.20. The Bertz CT molecular complexity index is 863. The van der Waals surface area contributed by atoms with Crippen molar-refractivity contribution in [3.63, 3.8) is 0 Å². The van der Waals surface area contributed by atoms with E-state index in [2.05, 4.69) is 15.3 Å². The zero-order valence-electron chi connectivity index (χ0n) is 15.7. The van der Waals surface area contributed by atoms with Crippen LogP contribution in [-0.4, -0.2) is 69.7 Å². The maximum Gasteiger partial charge on any atom is 0.241 e. The van der Waals surface area contributed by atoms with Crippen LogP contribution in [0, 0.1) is 17.0 Å². The molecule has 2 unspecified atom stereocenters. The number of hydrogen-bond acceptors (Lipinski definition) is 8. The molecule has 13 heteroatoms. The number of rotatable bonds is 8. The average Bonchev–Trinajstić information content (AvgIpc) is 3.16. The van der Waals surface area contributed by atoms with E-state index in [1.165, 1.54) is 6.07 Å². The monoisotopic (exact) mass is 428 g/mol. The summed E-state index contributed by atoms with van der Waals surface area (Å²) < 4.78 is 27.7. The van der Waals surface area contributed by atoms with Gasteiger partial charge in [0.1, 0.15) is 12.3 Å². The summed E-state index contributed by atoms with van der Waals surface area (Å²) in [4.78, 5) is 19.4. The minimum absolute atomic E-state index is 0.0211. The van der Waals surface area contributed by atoms with Gasteiger partial charge in [0.15, 0.2) is 23.3 Å². The molecular weight excluding hydrogens is 406 g/mol. The highest BCUT2D eigenvalue weighted by molar-refractivity contribution is 6.66. The van der Waals surface area contributed by atoms with Gasteiger partial charge in [-0.25, -0.2) is 8.78 Å². The standard InChI is InChI=1S/C17H22F2N6O5/c18-10-3-1-8-2-4-11(13(8)14(10)19)23-17(25-30)15(20)16(24-29)22-6-12(28)21-5-9(27)7-26/h1,3,9,11,20,26-27,29-30H,2,4-7H2,(H,21,28)(H,22,24)(H,23,25). The number of hydrogen-bond donors (Lipinski definition) is 8. The van der Waals surface area contributed by atoms with E-state index in [0.717, 1.165) is 6.07 Å². The molecule has 1 amide bonds. The number of aliphatic imine (C=N–C) groups is 2. The van der Waals surface area contributed by atoms with Crippen molar-refractivity contribution in [2.75, 3.05) is 19.7 Å². The highest BCUT2D eigenvalue weighted by Gasteiger charge is 2.29. The molecule has 0 spiro atoms. The molecule has 0 fully saturated rings. The first-order valence-electron chi connectivity index (χ1n) is 8.86. The third-order valence-corrected chi connectivity index (χ3v) is 4.34. The van der Waals surface area contributed by atoms with Crippen molar-refractivity contribution in [2.24, 2.45) is 9.98 Å². The van der Waals surface area contributed by atoms with Gasteiger partial charge in [-0.05, 0) is 24.5 Å². The fourth-order valence-corrected chi connectivity index (χ4v) is 2.84. The van der Waals surface area contributed by atoms with Gasteiger partial charge in [0, 0.05) is 12.1 Å². The minimum atomic E-state index is -1.15. The molecule has 1 aliphatic rings. The Morgan fingerprint density at radius 2 is 1.97 bits per heavy atom. The highest BCUT2D eigenvalue weighted by Crippen LogP contribution is 2.36. The van der Waals surface area contributed by atoms with Gasteiger partial charge in [0.25, 0.3) is 0 Å². The highest BCUT2D eigenvalue weighted by atomic mass is 19.2. The van der Waals surface area contributed by atoms with Crippen LogP contribution >= 0.6 is 0 Å². The van der Waals surface area contributed by atoms with Gasteiger partial charge < -0.3 is 15.5 Å². The van der Waals surface area contributed by atoms with Crippen molar-refractivity contribution in [2.45, 2.75) is 25.0 Å². The Morgan fingerprint density at radius 1 is 1.27 bits per heavy atom. The summed E-state index contributed by atoms with van der Waals surface area (Å²) in [5, 5.41) is 46.7. The van der Waals surface area contributed by atoms with Gasteiger partial charge in [-0.15, -0.1) is 0 Å². The maximum atomic E-state index is 14.2. The largest absolute Gasteiger partial charge is 0.394 e. The van der Waals surface area contributed by atoms with Crippen molar-refractivity contribution in [3.8, 4) is 0 Å². The number of aliphatic hydroxyl groups excluding tert-OH is 2. The molecule has 2 atom stereocenters. The Hall–Kier alpha value is -3.00. The number of carbonyl (C=O) groups excluding carboxylic acids is 1. The van der Waals surface area contributed by atoms with Gasteiger partial charge in [-0.1, -0.05) is 6.07 Å². The van der Waals surface area contributed by atoms with Gasteiger partial charge in [-0.3, -0.25) is 41.6 Å². The van der Waals surface area contributed by atoms with Crippen LogP contribution in [0.5, 0.6) is 0 Å². The van der Waals surface area contributed by atoms with E-state index in [0.29, 0.717) is 18.4 Å². The van der Waals surface area contributed by atoms with E-state index in [1.807, 2.05) is 0 Å². The lowest BCUT2D eigenvalue weighted by molar-refractivity contribution is -0.120. The normalized spacial score (nSPS) is 17.3. The molecule has 164 valence electrons. The molecule has 11 nitrogen and oxygen atoms in total. The molecule has 1 aliphatic carbocycles. The lowest BCUT2D eigenvalue weighted by Gasteiger charge is -2.13. The summed E-state index contributed by atoms with van der Waals surface area (Å²) in [6.07, 6.45) is -0.419. The first kappa shape index (κ1) is 23.3. The summed E-state index contributed by atoms with van der Waals surface area (Å²) >= 11 is 0. The van der Waals surface area contributed by atoms with Crippen molar-refractivity contribution in [1.82, 2.24) is 16.3 Å². The fourth-order valence-electron chi connectivity index (χ4n) is 2.84. The number of fused-ring (bicyclic) bond motifs is 1. The molecule has 30 heavy (non-hydrogen) atoms. The van der Waals surface area contributed by atoms with Crippen LogP contribution in [0.3, 0.4) is 0 Å². The topological polar surface area (TPSA) is 183 Å². The Labute approximate surface area is 169 Å². The quantitative estimate of drug-likeness (QED) is 0.151. The number of hydroxylamine groups is 2. The van der Waals surface area contributed by atoms with Crippen LogP contribution < -0.4 is 16.3 Å². The second-order valence-electron chi connectivity index (χ2n) is 6.37. The number of amides is 1. The number of carbonyl (C=O) groups is 1. The van der Waals surface area contributed by atoms with Gasteiger partial charge in [0.2, 0.25) is 5.91 Å². The first-order valence-corrected chi connectivity index (χ1v) is 8.86. The summed E-state index contributed by atoms with van der Waals surface area (Å²) in [7, 11) is 0. The van der Waals surface area contributed by atoms with E-state index < -0.39 is 60.2 Å². The maximum absolute atomic E-state index is 14.2. The molecule has 0 heterocycles. The first-order chi connectivity index (χ1) is 14.3. The summed E-state index contributed by atoms with van der Waals surface area (Å²) in [6, 6.07) is 1.57. The molecule has 0 radical (unpaired) electrons. The molecule has 0 saturated carbocycles. The van der Waals surface area contributed by atoms with E-state index in [-0.39, 0.29) is 12.1 Å². The second-order valence-corrected chi connectivity index (χ2v) is 6.37. The smallest absolute Gasteiger partial charge is 0.241 e. The minimum Gasteiger partial charge on any atom is -0.394 e. The van der Waals surface area contributed by atoms with E-state index in [1.54, 1.807) is 11.0 Å². The summed E-state index contributed by atoms with van der Waals surface area (Å²) in [6.45, 7) is -1.33. The number of benzene rings is 1. The molecule has 0 aliphatic heterocycles. The third-order valence-electron chi connectivity index (χ3n) is 4.34. The van der Waals surface area contributed by atoms with Crippen LogP contribution in [0.25, 0.3) is 0 Å². The Kier molecular flexibility index (Phi) is 8.29. The predicted molar refractivity (Wildman–Crippen MR) is 101 cm³/mol. The van der Waals surface area contributed by atoms with Crippen LogP contribution in [0.4, 0.5) is 8.78 Å². The van der Waals surface area contributed by atoms with Crippen LogP contribution in [0.15, 0.2) is 22.1 Å². The van der Waals surface area contributed by atoms with Crippen molar-refractivity contribution < 1.29 is 34.2 Å². The zero-order valence-corrected chi connectivity index (χ0v) is 15.7. The van der Waals surface area contributed by atoms with Crippen LogP contribution in [0.2, 0.25) is 0 Å². The number of aliphatic hydroxyl groups is 2. The van der Waals surface area contributed by atoms with Gasteiger partial charge in [-0.2, -0.15) is 0 Å². The lowest BCUT2D eigenvalue weighted by Crippen LogP contribution is -2.41. The summed E-state index contributed by atoms with van der Waals surface area (Å²) in [5.74, 6) is -3.81. The molecule has 0 aromatic heterocycles. The zero-order chi connectivity index (χ0) is 22.3. The Morgan fingerprint density at radius 3 is 2.60 bits per heavy atom. The Balaban J connectivity index is 2.15. The van der Waals surface area contributed by atoms with E-state index >= 15 is 0 Å². The average molecular weight is 428 g/mol. The number of nitrogens with one attached hydrogen (secondary N) is 4. The van der Waals surface area contributed by atoms with Crippen molar-refractivity contribution >= 4 is 23.3 Å². The van der Waals surface area contributed by atoms with Crippen molar-refractivity contribution in [1.29, 1.82) is 5.41 Å². The van der Waals surface area contributed by atoms with E-state index in [4.69, 9.17) is 10.5 Å². The molecule has 8 N–H and O–H groups in total. The lowest BCUT2D eigenvalue weighted by atomic mass is 10.1. The number of aryl methyl sites for hydroxylation is 1. The molecule has 0 saturated heterocycles. The van der Waals surface area contributed by atoms with Gasteiger partial charge in [0.05, 0.1) is 18.8 Å². The molecule has 0 bridgehead atoms. The number of halogens is 2. The molecule has 1 aromatic carbocycles. The van der Waals surface area contributed by atoms with Crippen LogP contribution in [0.1, 0.15) is 23.6 Å². The second kappa shape index (κ2) is 10.7. The predicted octanol–water partition coefficient (Wildman–Crippen LogP) is -0.804. The fraction of sp³-hybridized carbons (Fsp3) is 0.412. The molecule has 1 aromatic rings. The molecule has 2 rings (SSSR count).